The molecule has 0 spiro atoms. The summed E-state index contributed by atoms with van der Waals surface area (Å²) in [6.45, 7) is 5.37. The summed E-state index contributed by atoms with van der Waals surface area (Å²) in [5.41, 5.74) is -1.53. The molecule has 120 valence electrons. The van der Waals surface area contributed by atoms with E-state index in [9.17, 15) is 14.8 Å². The highest BCUT2D eigenvalue weighted by Crippen LogP contribution is 2.38. The van der Waals surface area contributed by atoms with Gasteiger partial charge in [-0.2, -0.15) is 5.06 Å². The summed E-state index contributed by atoms with van der Waals surface area (Å²) in [5.74, 6) is -0.826. The van der Waals surface area contributed by atoms with E-state index in [0.29, 0.717) is 24.9 Å². The van der Waals surface area contributed by atoms with E-state index in [-0.39, 0.29) is 0 Å². The Kier molecular flexibility index (Phi) is 4.53. The monoisotopic (exact) mass is 307 g/mol. The van der Waals surface area contributed by atoms with Gasteiger partial charge in [0.1, 0.15) is 5.60 Å². The first kappa shape index (κ1) is 16.5. The molecule has 1 unspecified atom stereocenters. The zero-order valence-electron chi connectivity index (χ0n) is 13.0. The van der Waals surface area contributed by atoms with E-state index in [0.717, 1.165) is 5.06 Å². The average Bonchev–Trinajstić information content (AvgIpc) is 2.80. The standard InChI is InChI=1S/C16H21NO5/c1-15(2,3)22-14(19)21-13(18)16(10-7-11-17(16)20)12-8-5-4-6-9-12/h4-6,8-9,20H,7,10-11H2,1-3H3. The van der Waals surface area contributed by atoms with Crippen LogP contribution in [0.2, 0.25) is 0 Å². The van der Waals surface area contributed by atoms with E-state index in [1.165, 1.54) is 0 Å². The van der Waals surface area contributed by atoms with Crippen molar-refractivity contribution in [3.05, 3.63) is 35.9 Å². The van der Waals surface area contributed by atoms with Crippen LogP contribution in [0.3, 0.4) is 0 Å². The molecule has 1 saturated heterocycles. The van der Waals surface area contributed by atoms with Crippen molar-refractivity contribution in [2.45, 2.75) is 44.8 Å². The summed E-state index contributed by atoms with van der Waals surface area (Å²) in [6.07, 6.45) is -0.0719. The largest absolute Gasteiger partial charge is 0.516 e. The van der Waals surface area contributed by atoms with Gasteiger partial charge in [0.05, 0.1) is 0 Å². The second kappa shape index (κ2) is 6.06. The van der Waals surface area contributed by atoms with Crippen LogP contribution in [0, 0.1) is 0 Å². The molecule has 1 aliphatic heterocycles. The molecule has 0 aromatic heterocycles. The second-order valence-electron chi connectivity index (χ2n) is 6.31. The number of esters is 1. The van der Waals surface area contributed by atoms with Gasteiger partial charge in [0.25, 0.3) is 0 Å². The lowest BCUT2D eigenvalue weighted by Crippen LogP contribution is -2.48. The maximum Gasteiger partial charge on any atom is 0.516 e. The maximum atomic E-state index is 12.5. The lowest BCUT2D eigenvalue weighted by Gasteiger charge is -2.32. The summed E-state index contributed by atoms with van der Waals surface area (Å²) in [5, 5.41) is 11.1. The van der Waals surface area contributed by atoms with Gasteiger partial charge in [-0.25, -0.2) is 9.59 Å². The van der Waals surface area contributed by atoms with E-state index in [2.05, 4.69) is 0 Å². The number of benzene rings is 1. The molecule has 6 heteroatoms. The molecule has 0 bridgehead atoms. The number of hydrogen-bond acceptors (Lipinski definition) is 6. The fourth-order valence-electron chi connectivity index (χ4n) is 2.57. The molecule has 1 aliphatic rings. The van der Waals surface area contributed by atoms with Crippen LogP contribution in [-0.2, 0) is 19.8 Å². The summed E-state index contributed by atoms with van der Waals surface area (Å²) < 4.78 is 9.84. The van der Waals surface area contributed by atoms with Crippen molar-refractivity contribution in [2.24, 2.45) is 0 Å². The van der Waals surface area contributed by atoms with Gasteiger partial charge in [0, 0.05) is 6.54 Å². The fraction of sp³-hybridized carbons (Fsp3) is 0.500. The number of hydroxylamine groups is 2. The Morgan fingerprint density at radius 3 is 2.36 bits per heavy atom. The molecule has 1 aromatic rings. The molecule has 6 nitrogen and oxygen atoms in total. The Hall–Kier alpha value is -1.92. The maximum absolute atomic E-state index is 12.5. The number of carbonyl (C=O) groups excluding carboxylic acids is 2. The Balaban J connectivity index is 2.24. The van der Waals surface area contributed by atoms with E-state index >= 15 is 0 Å². The van der Waals surface area contributed by atoms with E-state index in [1.54, 1.807) is 45.0 Å². The lowest BCUT2D eigenvalue weighted by molar-refractivity contribution is -0.189. The van der Waals surface area contributed by atoms with Gasteiger partial charge in [-0.15, -0.1) is 0 Å². The van der Waals surface area contributed by atoms with Crippen molar-refractivity contribution in [3.63, 3.8) is 0 Å². The summed E-state index contributed by atoms with van der Waals surface area (Å²) in [7, 11) is 0. The summed E-state index contributed by atoms with van der Waals surface area (Å²) >= 11 is 0. The van der Waals surface area contributed by atoms with Crippen LogP contribution in [0.1, 0.15) is 39.2 Å². The third kappa shape index (κ3) is 3.28. The minimum Gasteiger partial charge on any atom is -0.428 e. The molecule has 22 heavy (non-hydrogen) atoms. The number of nitrogens with zero attached hydrogens (tertiary/aromatic N) is 1. The van der Waals surface area contributed by atoms with Gasteiger partial charge in [-0.3, -0.25) is 0 Å². The van der Waals surface area contributed by atoms with E-state index in [4.69, 9.17) is 9.47 Å². The number of rotatable bonds is 2. The van der Waals surface area contributed by atoms with Crippen molar-refractivity contribution in [3.8, 4) is 0 Å². The third-order valence-electron chi connectivity index (χ3n) is 3.50. The molecular formula is C16H21NO5. The number of ether oxygens (including phenoxy) is 2. The van der Waals surface area contributed by atoms with Crippen LogP contribution in [-0.4, -0.2) is 34.5 Å². The first-order valence-corrected chi connectivity index (χ1v) is 7.23. The van der Waals surface area contributed by atoms with Gasteiger partial charge < -0.3 is 14.7 Å². The molecule has 2 rings (SSSR count). The molecule has 1 aromatic carbocycles. The summed E-state index contributed by atoms with van der Waals surface area (Å²) in [6, 6.07) is 8.80. The predicted molar refractivity (Wildman–Crippen MR) is 78.2 cm³/mol. The quantitative estimate of drug-likeness (QED) is 0.669. The van der Waals surface area contributed by atoms with Crippen LogP contribution >= 0.6 is 0 Å². The first-order valence-electron chi connectivity index (χ1n) is 7.23. The smallest absolute Gasteiger partial charge is 0.428 e. The first-order chi connectivity index (χ1) is 10.3. The van der Waals surface area contributed by atoms with Crippen molar-refractivity contribution in [1.29, 1.82) is 0 Å². The predicted octanol–water partition coefficient (Wildman–Crippen LogP) is 2.85. The molecule has 1 heterocycles. The van der Waals surface area contributed by atoms with Crippen LogP contribution in [0.4, 0.5) is 4.79 Å². The number of hydrogen-bond donors (Lipinski definition) is 1. The Morgan fingerprint density at radius 2 is 1.86 bits per heavy atom. The lowest BCUT2D eigenvalue weighted by atomic mass is 9.88. The Labute approximate surface area is 129 Å². The van der Waals surface area contributed by atoms with Gasteiger partial charge in [-0.1, -0.05) is 30.3 Å². The van der Waals surface area contributed by atoms with Gasteiger partial charge in [0.2, 0.25) is 0 Å². The van der Waals surface area contributed by atoms with E-state index in [1.807, 2.05) is 6.07 Å². The average molecular weight is 307 g/mol. The third-order valence-corrected chi connectivity index (χ3v) is 3.50. The highest BCUT2D eigenvalue weighted by Gasteiger charge is 2.51. The van der Waals surface area contributed by atoms with Gasteiger partial charge in [-0.05, 0) is 39.2 Å². The molecular weight excluding hydrogens is 286 g/mol. The minimum absolute atomic E-state index is 0.332. The second-order valence-corrected chi connectivity index (χ2v) is 6.31. The fourth-order valence-corrected chi connectivity index (χ4v) is 2.57. The SMILES string of the molecule is CC(C)(C)OC(=O)OC(=O)C1(c2ccccc2)CCCN1O. The Bertz CT molecular complexity index is 551. The van der Waals surface area contributed by atoms with Crippen molar-refractivity contribution in [1.82, 2.24) is 5.06 Å². The van der Waals surface area contributed by atoms with Crippen LogP contribution in [0.5, 0.6) is 0 Å². The van der Waals surface area contributed by atoms with Gasteiger partial charge >= 0.3 is 12.1 Å². The van der Waals surface area contributed by atoms with E-state index < -0.39 is 23.3 Å². The highest BCUT2D eigenvalue weighted by molar-refractivity contribution is 5.90. The van der Waals surface area contributed by atoms with Crippen molar-refractivity contribution < 1.29 is 24.3 Å². The van der Waals surface area contributed by atoms with Crippen LogP contribution in [0.25, 0.3) is 0 Å². The summed E-state index contributed by atoms with van der Waals surface area (Å²) in [4.78, 5) is 24.3. The molecule has 0 radical (unpaired) electrons. The zero-order chi connectivity index (χ0) is 16.4. The molecule has 0 aliphatic carbocycles. The van der Waals surface area contributed by atoms with Crippen LogP contribution < -0.4 is 0 Å². The minimum atomic E-state index is -1.36. The Morgan fingerprint density at radius 1 is 1.23 bits per heavy atom. The highest BCUT2D eigenvalue weighted by atomic mass is 16.7. The molecule has 0 saturated carbocycles. The number of carbonyl (C=O) groups is 2. The molecule has 1 N–H and O–H groups in total. The van der Waals surface area contributed by atoms with Gasteiger partial charge in [0.15, 0.2) is 5.54 Å². The molecule has 0 amide bonds. The molecule has 1 fully saturated rings. The van der Waals surface area contributed by atoms with Crippen LogP contribution in [0.15, 0.2) is 30.3 Å². The normalized spacial score (nSPS) is 22.4. The van der Waals surface area contributed by atoms with Crippen molar-refractivity contribution >= 4 is 12.1 Å². The molecule has 1 atom stereocenters. The topological polar surface area (TPSA) is 76.1 Å². The van der Waals surface area contributed by atoms with Crippen molar-refractivity contribution in [2.75, 3.05) is 6.54 Å². The zero-order valence-corrected chi connectivity index (χ0v) is 13.0.